The van der Waals surface area contributed by atoms with Gasteiger partial charge in [-0.25, -0.2) is 4.98 Å². The summed E-state index contributed by atoms with van der Waals surface area (Å²) in [5.74, 6) is 0.0833. The lowest BCUT2D eigenvalue weighted by Gasteiger charge is -2.24. The monoisotopic (exact) mass is 489 g/mol. The second-order valence-corrected chi connectivity index (χ2v) is 7.35. The number of nitrogens with zero attached hydrogens (tertiary/aromatic N) is 3. The van der Waals surface area contributed by atoms with Crippen LogP contribution < -0.4 is 9.64 Å². The molecule has 2 aromatic carbocycles. The van der Waals surface area contributed by atoms with Crippen LogP contribution in [0, 0.1) is 11.3 Å². The molecule has 9 heteroatoms. The first kappa shape index (κ1) is 22.3. The van der Waals surface area contributed by atoms with Crippen molar-refractivity contribution in [3.63, 3.8) is 0 Å². The van der Waals surface area contributed by atoms with Crippen LogP contribution >= 0.6 is 15.9 Å². The van der Waals surface area contributed by atoms with Crippen molar-refractivity contribution in [2.75, 3.05) is 12.0 Å². The summed E-state index contributed by atoms with van der Waals surface area (Å²) in [6, 6.07) is 15.7. The van der Waals surface area contributed by atoms with Gasteiger partial charge in [0.15, 0.2) is 5.69 Å². The van der Waals surface area contributed by atoms with E-state index in [0.29, 0.717) is 23.2 Å². The van der Waals surface area contributed by atoms with Crippen LogP contribution in [0.1, 0.15) is 16.8 Å². The molecule has 0 radical (unpaired) electrons. The lowest BCUT2D eigenvalue weighted by atomic mass is 10.1. The van der Waals surface area contributed by atoms with E-state index in [2.05, 4.69) is 20.9 Å². The van der Waals surface area contributed by atoms with Crippen molar-refractivity contribution in [2.45, 2.75) is 12.6 Å². The Kier molecular flexibility index (Phi) is 6.61. The summed E-state index contributed by atoms with van der Waals surface area (Å²) < 4.78 is 45.7. The standard InChI is InChI=1S/C22H15BrF3N3O2/c1-31-18-8-2-14(3-9-18)10-21(30)29(17-6-4-16(23)5-7-17)20-11-15(22(24,25)26)13-28-19(20)12-27/h2-9,11,13H,10H2,1H3. The minimum absolute atomic E-state index is 0.110. The highest BCUT2D eigenvalue weighted by molar-refractivity contribution is 9.10. The second-order valence-electron chi connectivity index (χ2n) is 6.43. The Bertz CT molecular complexity index is 1120. The molecule has 158 valence electrons. The van der Waals surface area contributed by atoms with E-state index in [1.807, 2.05) is 0 Å². The van der Waals surface area contributed by atoms with Gasteiger partial charge in [0.2, 0.25) is 5.91 Å². The highest BCUT2D eigenvalue weighted by Crippen LogP contribution is 2.35. The fourth-order valence-electron chi connectivity index (χ4n) is 2.87. The van der Waals surface area contributed by atoms with Gasteiger partial charge < -0.3 is 4.74 Å². The number of alkyl halides is 3. The number of methoxy groups -OCH3 is 1. The quantitative estimate of drug-likeness (QED) is 0.464. The number of nitriles is 1. The van der Waals surface area contributed by atoms with Crippen molar-refractivity contribution in [3.05, 3.63) is 82.1 Å². The van der Waals surface area contributed by atoms with Crippen molar-refractivity contribution in [1.82, 2.24) is 4.98 Å². The summed E-state index contributed by atoms with van der Waals surface area (Å²) >= 11 is 3.29. The van der Waals surface area contributed by atoms with Gasteiger partial charge in [-0.05, 0) is 48.0 Å². The minimum Gasteiger partial charge on any atom is -0.497 e. The van der Waals surface area contributed by atoms with E-state index in [1.54, 1.807) is 54.6 Å². The molecular formula is C22H15BrF3N3O2. The minimum atomic E-state index is -4.68. The number of rotatable bonds is 5. The highest BCUT2D eigenvalue weighted by Gasteiger charge is 2.33. The van der Waals surface area contributed by atoms with Crippen LogP contribution in [0.5, 0.6) is 5.75 Å². The van der Waals surface area contributed by atoms with E-state index >= 15 is 0 Å². The predicted molar refractivity (Wildman–Crippen MR) is 112 cm³/mol. The third-order valence-electron chi connectivity index (χ3n) is 4.39. The van der Waals surface area contributed by atoms with Crippen LogP contribution in [0.25, 0.3) is 0 Å². The average molecular weight is 490 g/mol. The van der Waals surface area contributed by atoms with Crippen LogP contribution in [0.2, 0.25) is 0 Å². The number of halogens is 4. The molecule has 0 saturated carbocycles. The number of pyridine rings is 1. The zero-order valence-electron chi connectivity index (χ0n) is 16.2. The van der Waals surface area contributed by atoms with E-state index in [1.165, 1.54) is 7.11 Å². The van der Waals surface area contributed by atoms with Crippen molar-refractivity contribution in [3.8, 4) is 11.8 Å². The van der Waals surface area contributed by atoms with Gasteiger partial charge in [-0.15, -0.1) is 0 Å². The zero-order chi connectivity index (χ0) is 22.6. The largest absolute Gasteiger partial charge is 0.497 e. The predicted octanol–water partition coefficient (Wildman–Crippen LogP) is 5.65. The van der Waals surface area contributed by atoms with Gasteiger partial charge in [0.05, 0.1) is 24.8 Å². The van der Waals surface area contributed by atoms with E-state index in [4.69, 9.17) is 4.74 Å². The maximum absolute atomic E-state index is 13.3. The number of hydrogen-bond acceptors (Lipinski definition) is 4. The summed E-state index contributed by atoms with van der Waals surface area (Å²) in [6.45, 7) is 0. The van der Waals surface area contributed by atoms with Crippen molar-refractivity contribution in [2.24, 2.45) is 0 Å². The first-order valence-electron chi connectivity index (χ1n) is 8.91. The summed E-state index contributed by atoms with van der Waals surface area (Å²) in [5, 5.41) is 9.43. The molecule has 0 bridgehead atoms. The number of anilines is 2. The Labute approximate surface area is 184 Å². The van der Waals surface area contributed by atoms with Crippen LogP contribution in [0.3, 0.4) is 0 Å². The first-order chi connectivity index (χ1) is 14.7. The highest BCUT2D eigenvalue weighted by atomic mass is 79.9. The molecule has 1 heterocycles. The van der Waals surface area contributed by atoms with E-state index < -0.39 is 17.6 Å². The maximum atomic E-state index is 13.3. The summed E-state index contributed by atoms with van der Waals surface area (Å²) in [4.78, 5) is 18.0. The lowest BCUT2D eigenvalue weighted by molar-refractivity contribution is -0.137. The number of aromatic nitrogens is 1. The van der Waals surface area contributed by atoms with Crippen LogP contribution in [-0.4, -0.2) is 18.0 Å². The van der Waals surface area contributed by atoms with Crippen LogP contribution in [-0.2, 0) is 17.4 Å². The molecule has 0 spiro atoms. The normalized spacial score (nSPS) is 11.0. The van der Waals surface area contributed by atoms with Gasteiger partial charge in [0, 0.05) is 16.4 Å². The Balaban J connectivity index is 2.09. The van der Waals surface area contributed by atoms with E-state index in [9.17, 15) is 23.2 Å². The van der Waals surface area contributed by atoms with Gasteiger partial charge in [-0.2, -0.15) is 18.4 Å². The Morgan fingerprint density at radius 2 is 1.81 bits per heavy atom. The molecular weight excluding hydrogens is 475 g/mol. The van der Waals surface area contributed by atoms with Gasteiger partial charge in [-0.1, -0.05) is 28.1 Å². The second kappa shape index (κ2) is 9.18. The van der Waals surface area contributed by atoms with Gasteiger partial charge >= 0.3 is 6.18 Å². The molecule has 0 aliphatic carbocycles. The number of carbonyl (C=O) groups is 1. The molecule has 0 atom stereocenters. The van der Waals surface area contributed by atoms with Crippen LogP contribution in [0.15, 0.2) is 65.3 Å². The topological polar surface area (TPSA) is 66.2 Å². The summed E-state index contributed by atoms with van der Waals surface area (Å²) in [7, 11) is 1.51. The molecule has 0 N–H and O–H groups in total. The smallest absolute Gasteiger partial charge is 0.417 e. The molecule has 3 aromatic rings. The first-order valence-corrected chi connectivity index (χ1v) is 9.71. The number of ether oxygens (including phenoxy) is 1. The molecule has 0 aliphatic rings. The number of carbonyl (C=O) groups excluding carboxylic acids is 1. The van der Waals surface area contributed by atoms with Gasteiger partial charge in [0.25, 0.3) is 0 Å². The molecule has 0 fully saturated rings. The van der Waals surface area contributed by atoms with Gasteiger partial charge in [0.1, 0.15) is 11.8 Å². The van der Waals surface area contributed by atoms with Crippen molar-refractivity contribution < 1.29 is 22.7 Å². The van der Waals surface area contributed by atoms with Crippen molar-refractivity contribution in [1.29, 1.82) is 5.26 Å². The third-order valence-corrected chi connectivity index (χ3v) is 4.92. The maximum Gasteiger partial charge on any atom is 0.417 e. The molecule has 0 aliphatic heterocycles. The van der Waals surface area contributed by atoms with Crippen molar-refractivity contribution >= 4 is 33.2 Å². The molecule has 0 unspecified atom stereocenters. The molecule has 1 aromatic heterocycles. The van der Waals surface area contributed by atoms with Crippen LogP contribution in [0.4, 0.5) is 24.5 Å². The number of hydrogen-bond donors (Lipinski definition) is 0. The fourth-order valence-corrected chi connectivity index (χ4v) is 3.13. The van der Waals surface area contributed by atoms with E-state index in [0.717, 1.165) is 15.4 Å². The molecule has 5 nitrogen and oxygen atoms in total. The molecule has 31 heavy (non-hydrogen) atoms. The Hall–Kier alpha value is -3.38. The SMILES string of the molecule is COc1ccc(CC(=O)N(c2ccc(Br)cc2)c2cc(C(F)(F)F)cnc2C#N)cc1. The molecule has 3 rings (SSSR count). The average Bonchev–Trinajstić information content (AvgIpc) is 2.75. The lowest BCUT2D eigenvalue weighted by Crippen LogP contribution is -2.29. The third kappa shape index (κ3) is 5.22. The van der Waals surface area contributed by atoms with E-state index in [-0.39, 0.29) is 17.8 Å². The number of benzene rings is 2. The summed E-state index contributed by atoms with van der Waals surface area (Å²) in [6.07, 6.45) is -4.21. The molecule has 0 saturated heterocycles. The zero-order valence-corrected chi connectivity index (χ0v) is 17.7. The Morgan fingerprint density at radius 3 is 2.35 bits per heavy atom. The fraction of sp³-hybridized carbons (Fsp3) is 0.136. The molecule has 1 amide bonds. The number of amides is 1. The van der Waals surface area contributed by atoms with Gasteiger partial charge in [-0.3, -0.25) is 9.69 Å². The summed E-state index contributed by atoms with van der Waals surface area (Å²) in [5.41, 5.74) is -0.649. The Morgan fingerprint density at radius 1 is 1.16 bits per heavy atom.